The Balaban J connectivity index is 3.73. The van der Waals surface area contributed by atoms with E-state index in [4.69, 9.17) is 16.2 Å². The normalized spacial score (nSPS) is 10.8. The van der Waals surface area contributed by atoms with Crippen molar-refractivity contribution in [2.45, 2.75) is 0 Å². The molecule has 0 unspecified atom stereocenters. The Morgan fingerprint density at radius 1 is 1.58 bits per heavy atom. The Hall–Kier alpha value is -0.590. The Kier molecular flexibility index (Phi) is 4.22. The number of carbonyl (C=O) groups excluding carboxylic acids is 1. The van der Waals surface area contributed by atoms with Crippen LogP contribution >= 0.6 is 11.6 Å². The second-order valence-corrected chi connectivity index (χ2v) is 3.98. The summed E-state index contributed by atoms with van der Waals surface area (Å²) < 4.78 is 28.5. The Labute approximate surface area is 75.2 Å². The van der Waals surface area contributed by atoms with Crippen molar-refractivity contribution in [1.82, 2.24) is 5.32 Å². The standard InChI is InChI=1S/C5H8ClNO4S/c1-4(6)5(8)7-2-3-12(9,10)11/h1-3H2,(H,7,8)(H,9,10,11). The first-order valence-electron chi connectivity index (χ1n) is 2.90. The van der Waals surface area contributed by atoms with Gasteiger partial charge in [-0.1, -0.05) is 18.2 Å². The molecule has 7 heteroatoms. The highest BCUT2D eigenvalue weighted by molar-refractivity contribution is 7.85. The second kappa shape index (κ2) is 4.44. The molecule has 0 rings (SSSR count). The van der Waals surface area contributed by atoms with Crippen LogP contribution in [0.15, 0.2) is 11.6 Å². The van der Waals surface area contributed by atoms with Gasteiger partial charge in [0.1, 0.15) is 0 Å². The third-order valence-electron chi connectivity index (χ3n) is 0.892. The summed E-state index contributed by atoms with van der Waals surface area (Å²) in [5.74, 6) is -1.19. The van der Waals surface area contributed by atoms with Gasteiger partial charge in [0.15, 0.2) is 0 Å². The monoisotopic (exact) mass is 213 g/mol. The van der Waals surface area contributed by atoms with Crippen molar-refractivity contribution < 1.29 is 17.8 Å². The first-order valence-corrected chi connectivity index (χ1v) is 4.89. The van der Waals surface area contributed by atoms with Gasteiger partial charge < -0.3 is 5.32 Å². The zero-order valence-electron chi connectivity index (χ0n) is 6.08. The molecule has 0 aliphatic carbocycles. The van der Waals surface area contributed by atoms with Crippen LogP contribution in [0.1, 0.15) is 0 Å². The lowest BCUT2D eigenvalue weighted by Gasteiger charge is -2.00. The predicted octanol–water partition coefficient (Wildman–Crippen LogP) is -0.257. The summed E-state index contributed by atoms with van der Waals surface area (Å²) in [6.07, 6.45) is 0. The van der Waals surface area contributed by atoms with E-state index in [1.54, 1.807) is 0 Å². The van der Waals surface area contributed by atoms with Crippen LogP contribution in [0.5, 0.6) is 0 Å². The minimum absolute atomic E-state index is 0.191. The van der Waals surface area contributed by atoms with Crippen molar-refractivity contribution in [3.63, 3.8) is 0 Å². The first kappa shape index (κ1) is 11.4. The molecule has 0 atom stereocenters. The molecular formula is C5H8ClNO4S. The fourth-order valence-electron chi connectivity index (χ4n) is 0.389. The summed E-state index contributed by atoms with van der Waals surface area (Å²) >= 11 is 5.16. The van der Waals surface area contributed by atoms with Gasteiger partial charge >= 0.3 is 0 Å². The second-order valence-electron chi connectivity index (χ2n) is 1.95. The van der Waals surface area contributed by atoms with E-state index in [0.29, 0.717) is 0 Å². The van der Waals surface area contributed by atoms with Crippen LogP contribution in [0.4, 0.5) is 0 Å². The van der Waals surface area contributed by atoms with Crippen LogP contribution in [0, 0.1) is 0 Å². The zero-order chi connectivity index (χ0) is 9.78. The lowest BCUT2D eigenvalue weighted by atomic mass is 10.5. The highest BCUT2D eigenvalue weighted by Crippen LogP contribution is 1.94. The average Bonchev–Trinajstić information content (AvgIpc) is 1.84. The van der Waals surface area contributed by atoms with Crippen molar-refractivity contribution >= 4 is 27.6 Å². The van der Waals surface area contributed by atoms with Crippen LogP contribution in [0.25, 0.3) is 0 Å². The smallest absolute Gasteiger partial charge is 0.266 e. The van der Waals surface area contributed by atoms with Crippen LogP contribution < -0.4 is 5.32 Å². The summed E-state index contributed by atoms with van der Waals surface area (Å²) in [7, 11) is -4.03. The van der Waals surface area contributed by atoms with E-state index in [1.165, 1.54) is 0 Å². The van der Waals surface area contributed by atoms with Gasteiger partial charge in [0.05, 0.1) is 10.8 Å². The SMILES string of the molecule is C=C(Cl)C(=O)NCCS(=O)(=O)O. The summed E-state index contributed by atoms with van der Waals surface area (Å²) in [5.41, 5.74) is 0. The molecule has 0 aromatic heterocycles. The summed E-state index contributed by atoms with van der Waals surface area (Å²) in [6, 6.07) is 0. The fraction of sp³-hybridized carbons (Fsp3) is 0.400. The molecule has 2 N–H and O–H groups in total. The van der Waals surface area contributed by atoms with E-state index in [9.17, 15) is 13.2 Å². The molecule has 0 heterocycles. The van der Waals surface area contributed by atoms with Crippen molar-refractivity contribution in [3.8, 4) is 0 Å². The average molecular weight is 214 g/mol. The molecule has 70 valence electrons. The summed E-state index contributed by atoms with van der Waals surface area (Å²) in [4.78, 5) is 10.6. The molecule has 0 aromatic rings. The van der Waals surface area contributed by atoms with Crippen molar-refractivity contribution in [2.75, 3.05) is 12.3 Å². The lowest BCUT2D eigenvalue weighted by molar-refractivity contribution is -0.116. The third kappa shape index (κ3) is 6.14. The van der Waals surface area contributed by atoms with Gasteiger partial charge in [0.2, 0.25) is 0 Å². The number of hydrogen-bond acceptors (Lipinski definition) is 3. The van der Waals surface area contributed by atoms with E-state index in [0.717, 1.165) is 0 Å². The molecule has 0 radical (unpaired) electrons. The van der Waals surface area contributed by atoms with Crippen LogP contribution in [-0.4, -0.2) is 31.2 Å². The quantitative estimate of drug-likeness (QED) is 0.498. The molecule has 0 aliphatic rings. The van der Waals surface area contributed by atoms with Crippen LogP contribution in [-0.2, 0) is 14.9 Å². The maximum Gasteiger partial charge on any atom is 0.266 e. The number of amides is 1. The van der Waals surface area contributed by atoms with E-state index < -0.39 is 21.8 Å². The van der Waals surface area contributed by atoms with Crippen LogP contribution in [0.3, 0.4) is 0 Å². The molecule has 12 heavy (non-hydrogen) atoms. The number of hydrogen-bond donors (Lipinski definition) is 2. The van der Waals surface area contributed by atoms with Crippen molar-refractivity contribution in [1.29, 1.82) is 0 Å². The predicted molar refractivity (Wildman–Crippen MR) is 44.4 cm³/mol. The molecular weight excluding hydrogens is 206 g/mol. The Morgan fingerprint density at radius 3 is 2.42 bits per heavy atom. The van der Waals surface area contributed by atoms with Crippen molar-refractivity contribution in [3.05, 3.63) is 11.6 Å². The number of carbonyl (C=O) groups is 1. The largest absolute Gasteiger partial charge is 0.350 e. The molecule has 0 spiro atoms. The number of rotatable bonds is 4. The van der Waals surface area contributed by atoms with Gasteiger partial charge in [-0.15, -0.1) is 0 Å². The molecule has 0 aromatic carbocycles. The third-order valence-corrected chi connectivity index (χ3v) is 1.78. The molecule has 0 fully saturated rings. The van der Waals surface area contributed by atoms with E-state index in [2.05, 4.69) is 11.9 Å². The molecule has 5 nitrogen and oxygen atoms in total. The van der Waals surface area contributed by atoms with Crippen molar-refractivity contribution in [2.24, 2.45) is 0 Å². The number of halogens is 1. The minimum Gasteiger partial charge on any atom is -0.350 e. The van der Waals surface area contributed by atoms with E-state index in [-0.39, 0.29) is 11.6 Å². The molecule has 1 amide bonds. The molecule has 0 bridgehead atoms. The minimum atomic E-state index is -4.03. The van der Waals surface area contributed by atoms with Crippen LogP contribution in [0.2, 0.25) is 0 Å². The number of nitrogens with one attached hydrogen (secondary N) is 1. The Bertz CT molecular complexity index is 284. The van der Waals surface area contributed by atoms with Gasteiger partial charge in [0, 0.05) is 6.54 Å². The van der Waals surface area contributed by atoms with Gasteiger partial charge in [-0.3, -0.25) is 9.35 Å². The maximum absolute atomic E-state index is 10.6. The van der Waals surface area contributed by atoms with E-state index in [1.807, 2.05) is 0 Å². The first-order chi connectivity index (χ1) is 5.33. The maximum atomic E-state index is 10.6. The lowest BCUT2D eigenvalue weighted by Crippen LogP contribution is -2.28. The Morgan fingerprint density at radius 2 is 2.08 bits per heavy atom. The summed E-state index contributed by atoms with van der Waals surface area (Å²) in [5, 5.41) is 1.90. The topological polar surface area (TPSA) is 83.5 Å². The van der Waals surface area contributed by atoms with E-state index >= 15 is 0 Å². The molecule has 0 aliphatic heterocycles. The highest BCUT2D eigenvalue weighted by atomic mass is 35.5. The zero-order valence-corrected chi connectivity index (χ0v) is 7.65. The van der Waals surface area contributed by atoms with Gasteiger partial charge in [0.25, 0.3) is 16.0 Å². The molecule has 0 saturated carbocycles. The fourth-order valence-corrected chi connectivity index (χ4v) is 0.816. The van der Waals surface area contributed by atoms with Gasteiger partial charge in [-0.2, -0.15) is 8.42 Å². The highest BCUT2D eigenvalue weighted by Gasteiger charge is 2.06. The van der Waals surface area contributed by atoms with Gasteiger partial charge in [-0.05, 0) is 0 Å². The van der Waals surface area contributed by atoms with Gasteiger partial charge in [-0.25, -0.2) is 0 Å². The molecule has 0 saturated heterocycles. The summed E-state index contributed by atoms with van der Waals surface area (Å²) in [6.45, 7) is 2.92.